The Morgan fingerprint density at radius 2 is 1.91 bits per heavy atom. The van der Waals surface area contributed by atoms with Gasteiger partial charge < -0.3 is 0 Å². The van der Waals surface area contributed by atoms with E-state index < -0.39 is 0 Å². The second-order valence-electron chi connectivity index (χ2n) is 5.80. The van der Waals surface area contributed by atoms with Gasteiger partial charge in [-0.25, -0.2) is 0 Å². The minimum Gasteiger partial charge on any atom is -0.273 e. The Morgan fingerprint density at radius 1 is 1.14 bits per heavy atom. The van der Waals surface area contributed by atoms with Crippen molar-refractivity contribution in [3.63, 3.8) is 0 Å². The monoisotopic (exact) mass is 322 g/mol. The fourth-order valence-electron chi connectivity index (χ4n) is 3.22. The molecule has 3 rings (SSSR count). The lowest BCUT2D eigenvalue weighted by molar-refractivity contribution is -0.128. The molecule has 1 aliphatic carbocycles. The van der Waals surface area contributed by atoms with Crippen LogP contribution in [0.15, 0.2) is 24.3 Å². The van der Waals surface area contributed by atoms with Crippen LogP contribution in [0, 0.1) is 11.8 Å². The number of carbonyl (C=O) groups excluding carboxylic acids is 2. The summed E-state index contributed by atoms with van der Waals surface area (Å²) in [5.41, 5.74) is 11.7. The van der Waals surface area contributed by atoms with Crippen molar-refractivity contribution >= 4 is 23.4 Å². The molecule has 2 amide bonds. The van der Waals surface area contributed by atoms with Crippen molar-refractivity contribution in [1.82, 2.24) is 21.7 Å². The maximum absolute atomic E-state index is 12.3. The van der Waals surface area contributed by atoms with E-state index in [9.17, 15) is 9.59 Å². The van der Waals surface area contributed by atoms with Crippen molar-refractivity contribution in [2.24, 2.45) is 11.8 Å². The highest BCUT2D eigenvalue weighted by Crippen LogP contribution is 2.31. The topological polar surface area (TPSA) is 82.3 Å². The molecule has 1 aliphatic heterocycles. The highest BCUT2D eigenvalue weighted by molar-refractivity contribution is 6.30. The quantitative estimate of drug-likeness (QED) is 0.612. The van der Waals surface area contributed by atoms with Gasteiger partial charge in [0.1, 0.15) is 0 Å². The van der Waals surface area contributed by atoms with E-state index in [1.807, 2.05) is 0 Å². The Morgan fingerprint density at radius 3 is 2.68 bits per heavy atom. The van der Waals surface area contributed by atoms with E-state index in [4.69, 9.17) is 11.6 Å². The van der Waals surface area contributed by atoms with Crippen LogP contribution in [0.5, 0.6) is 0 Å². The molecular weight excluding hydrogens is 304 g/mol. The second kappa shape index (κ2) is 6.64. The summed E-state index contributed by atoms with van der Waals surface area (Å²) in [6, 6.07) is 6.64. The first kappa shape index (κ1) is 15.3. The number of fused-ring (bicyclic) bond motifs is 1. The summed E-state index contributed by atoms with van der Waals surface area (Å²) in [5, 5.41) is 0.564. The molecule has 3 unspecified atom stereocenters. The molecule has 22 heavy (non-hydrogen) atoms. The number of hydrogen-bond donors (Lipinski definition) is 4. The highest BCUT2D eigenvalue weighted by Gasteiger charge is 2.40. The van der Waals surface area contributed by atoms with Crippen molar-refractivity contribution in [3.8, 4) is 0 Å². The Kier molecular flexibility index (Phi) is 4.61. The lowest BCUT2D eigenvalue weighted by atomic mass is 9.78. The van der Waals surface area contributed by atoms with Gasteiger partial charge in [0.25, 0.3) is 5.91 Å². The molecule has 1 aromatic carbocycles. The van der Waals surface area contributed by atoms with Crippen LogP contribution in [0.4, 0.5) is 0 Å². The van der Waals surface area contributed by atoms with E-state index in [0.29, 0.717) is 16.5 Å². The zero-order valence-electron chi connectivity index (χ0n) is 12.1. The zero-order chi connectivity index (χ0) is 15.5. The first-order valence-electron chi connectivity index (χ1n) is 7.49. The fourth-order valence-corrected chi connectivity index (χ4v) is 3.35. The van der Waals surface area contributed by atoms with Crippen LogP contribution in [0.1, 0.15) is 29.6 Å². The Bertz CT molecular complexity index is 563. The van der Waals surface area contributed by atoms with Gasteiger partial charge in [0.05, 0.1) is 5.92 Å². The lowest BCUT2D eigenvalue weighted by Crippen LogP contribution is -2.52. The van der Waals surface area contributed by atoms with Gasteiger partial charge in [-0.1, -0.05) is 18.0 Å². The fraction of sp³-hybridized carbons (Fsp3) is 0.467. The van der Waals surface area contributed by atoms with Gasteiger partial charge in [-0.05, 0) is 43.0 Å². The van der Waals surface area contributed by atoms with Crippen LogP contribution in [0.3, 0.4) is 0 Å². The minimum absolute atomic E-state index is 0.126. The van der Waals surface area contributed by atoms with E-state index >= 15 is 0 Å². The van der Waals surface area contributed by atoms with Gasteiger partial charge in [0.2, 0.25) is 5.91 Å². The SMILES string of the molecule is O=C(NNC(=O)C1CCCC2CNNC21)c1ccc(Cl)cc1. The van der Waals surface area contributed by atoms with Gasteiger partial charge >= 0.3 is 0 Å². The predicted molar refractivity (Wildman–Crippen MR) is 82.8 cm³/mol. The van der Waals surface area contributed by atoms with E-state index in [-0.39, 0.29) is 23.8 Å². The third-order valence-electron chi connectivity index (χ3n) is 4.41. The molecule has 1 heterocycles. The van der Waals surface area contributed by atoms with Crippen LogP contribution >= 0.6 is 11.6 Å². The summed E-state index contributed by atoms with van der Waals surface area (Å²) in [5.74, 6) is -0.140. The first-order chi connectivity index (χ1) is 10.6. The third-order valence-corrected chi connectivity index (χ3v) is 4.66. The minimum atomic E-state index is -0.352. The average Bonchev–Trinajstić information content (AvgIpc) is 3.01. The molecule has 0 spiro atoms. The number of halogens is 1. The standard InChI is InChI=1S/C15H19ClN4O2/c16-11-6-4-9(5-7-11)14(21)19-20-15(22)12-3-1-2-10-8-17-18-13(10)12/h4-7,10,12-13,17-18H,1-3,8H2,(H,19,21)(H,20,22). The summed E-state index contributed by atoms with van der Waals surface area (Å²) in [4.78, 5) is 24.3. The maximum Gasteiger partial charge on any atom is 0.269 e. The van der Waals surface area contributed by atoms with Crippen LogP contribution in [-0.4, -0.2) is 24.4 Å². The normalized spacial score (nSPS) is 27.0. The Balaban J connectivity index is 1.55. The lowest BCUT2D eigenvalue weighted by Gasteiger charge is -2.31. The number of hydrogen-bond acceptors (Lipinski definition) is 4. The van der Waals surface area contributed by atoms with Gasteiger partial charge in [0.15, 0.2) is 0 Å². The first-order valence-corrected chi connectivity index (χ1v) is 7.87. The molecule has 7 heteroatoms. The van der Waals surface area contributed by atoms with Crippen LogP contribution in [-0.2, 0) is 4.79 Å². The summed E-state index contributed by atoms with van der Waals surface area (Å²) in [6.45, 7) is 0.894. The molecular formula is C15H19ClN4O2. The highest BCUT2D eigenvalue weighted by atomic mass is 35.5. The predicted octanol–water partition coefficient (Wildman–Crippen LogP) is 0.994. The molecule has 1 saturated heterocycles. The molecule has 0 radical (unpaired) electrons. The Hall–Kier alpha value is -1.63. The summed E-state index contributed by atoms with van der Waals surface area (Å²) >= 11 is 5.78. The van der Waals surface area contributed by atoms with Crippen LogP contribution in [0.2, 0.25) is 5.02 Å². The molecule has 3 atom stereocenters. The van der Waals surface area contributed by atoms with E-state index in [0.717, 1.165) is 25.8 Å². The number of amides is 2. The van der Waals surface area contributed by atoms with E-state index in [2.05, 4.69) is 21.7 Å². The molecule has 6 nitrogen and oxygen atoms in total. The zero-order valence-corrected chi connectivity index (χ0v) is 12.8. The van der Waals surface area contributed by atoms with Gasteiger partial charge in [0, 0.05) is 23.2 Å². The van der Waals surface area contributed by atoms with Crippen molar-refractivity contribution in [2.75, 3.05) is 6.54 Å². The number of benzene rings is 1. The van der Waals surface area contributed by atoms with Crippen LogP contribution < -0.4 is 21.7 Å². The second-order valence-corrected chi connectivity index (χ2v) is 6.24. The van der Waals surface area contributed by atoms with E-state index in [1.165, 1.54) is 0 Å². The maximum atomic E-state index is 12.3. The van der Waals surface area contributed by atoms with Crippen molar-refractivity contribution in [1.29, 1.82) is 0 Å². The molecule has 4 N–H and O–H groups in total. The molecule has 1 saturated carbocycles. The van der Waals surface area contributed by atoms with Gasteiger partial charge in [-0.3, -0.25) is 31.3 Å². The average molecular weight is 323 g/mol. The summed E-state index contributed by atoms with van der Waals surface area (Å²) in [6.07, 6.45) is 3.00. The summed E-state index contributed by atoms with van der Waals surface area (Å²) in [7, 11) is 0. The molecule has 0 aromatic heterocycles. The summed E-state index contributed by atoms with van der Waals surface area (Å²) < 4.78 is 0. The third kappa shape index (κ3) is 3.24. The van der Waals surface area contributed by atoms with E-state index in [1.54, 1.807) is 24.3 Å². The van der Waals surface area contributed by atoms with Crippen molar-refractivity contribution in [2.45, 2.75) is 25.3 Å². The molecule has 2 fully saturated rings. The molecule has 1 aromatic rings. The van der Waals surface area contributed by atoms with Gasteiger partial charge in [-0.15, -0.1) is 0 Å². The smallest absolute Gasteiger partial charge is 0.269 e. The number of carbonyl (C=O) groups is 2. The number of hydrazine groups is 2. The van der Waals surface area contributed by atoms with Crippen LogP contribution in [0.25, 0.3) is 0 Å². The molecule has 118 valence electrons. The Labute approximate surface area is 133 Å². The largest absolute Gasteiger partial charge is 0.273 e. The molecule has 2 aliphatic rings. The van der Waals surface area contributed by atoms with Crippen molar-refractivity contribution in [3.05, 3.63) is 34.9 Å². The van der Waals surface area contributed by atoms with Crippen molar-refractivity contribution < 1.29 is 9.59 Å². The number of rotatable bonds is 2. The number of nitrogens with one attached hydrogen (secondary N) is 4. The van der Waals surface area contributed by atoms with Gasteiger partial charge in [-0.2, -0.15) is 0 Å². The molecule has 0 bridgehead atoms.